The van der Waals surface area contributed by atoms with Gasteiger partial charge in [-0.25, -0.2) is 9.59 Å². The van der Waals surface area contributed by atoms with Crippen molar-refractivity contribution in [2.75, 3.05) is 0 Å². The van der Waals surface area contributed by atoms with Crippen molar-refractivity contribution in [2.45, 2.75) is 76.9 Å². The number of carboxylic acids is 1. The maximum absolute atomic E-state index is 13.8. The molecule has 166 valence electrons. The largest absolute Gasteiger partial charge is 0.544 e. The number of alkyl halides is 2. The number of carbonyl (C=O) groups is 3. The smallest absolute Gasteiger partial charge is 0.338 e. The van der Waals surface area contributed by atoms with Crippen LogP contribution >= 0.6 is 0 Å². The van der Waals surface area contributed by atoms with Crippen LogP contribution in [0.1, 0.15) is 80.0 Å². The maximum Gasteiger partial charge on any atom is 0.338 e. The molecule has 0 heterocycles. The Labute approximate surface area is 174 Å². The van der Waals surface area contributed by atoms with Crippen LogP contribution in [-0.2, 0) is 14.3 Å². The van der Waals surface area contributed by atoms with Crippen molar-refractivity contribution in [3.63, 3.8) is 0 Å². The van der Waals surface area contributed by atoms with Gasteiger partial charge in [0.15, 0.2) is 6.10 Å². The first kappa shape index (κ1) is 23.8. The third kappa shape index (κ3) is 5.34. The molecule has 30 heavy (non-hydrogen) atoms. The second kappa shape index (κ2) is 9.53. The van der Waals surface area contributed by atoms with Gasteiger partial charge in [0, 0.05) is 0 Å². The number of halogens is 2. The zero-order chi connectivity index (χ0) is 22.5. The summed E-state index contributed by atoms with van der Waals surface area (Å²) in [4.78, 5) is 35.5. The number of hydrogen-bond acceptors (Lipinski definition) is 6. The lowest BCUT2D eigenvalue weighted by Gasteiger charge is -2.36. The fraction of sp³-hybridized carbons (Fsp3) is 0.591. The first-order valence-corrected chi connectivity index (χ1v) is 10.2. The molecule has 0 aliphatic heterocycles. The monoisotopic (exact) mass is 425 g/mol. The van der Waals surface area contributed by atoms with Crippen LogP contribution in [-0.4, -0.2) is 35.5 Å². The van der Waals surface area contributed by atoms with Crippen molar-refractivity contribution >= 4 is 17.9 Å². The molecular formula is C22H27F2O6-. The summed E-state index contributed by atoms with van der Waals surface area (Å²) in [6.45, 7) is 4.59. The summed E-state index contributed by atoms with van der Waals surface area (Å²) in [7, 11) is 0. The number of carboxylic acid groups (broad SMARTS) is 1. The summed E-state index contributed by atoms with van der Waals surface area (Å²) in [6, 6.07) is 5.22. The highest BCUT2D eigenvalue weighted by atomic mass is 19.3. The zero-order valence-electron chi connectivity index (χ0n) is 17.4. The van der Waals surface area contributed by atoms with Crippen LogP contribution in [0.4, 0.5) is 8.78 Å². The van der Waals surface area contributed by atoms with E-state index in [9.17, 15) is 28.3 Å². The maximum atomic E-state index is 13.8. The van der Waals surface area contributed by atoms with Crippen molar-refractivity contribution in [2.24, 2.45) is 5.92 Å². The molecule has 1 fully saturated rings. The second-order valence-electron chi connectivity index (χ2n) is 8.04. The number of esters is 2. The molecular weight excluding hydrogens is 398 g/mol. The second-order valence-corrected chi connectivity index (χ2v) is 8.04. The number of aliphatic carboxylic acids is 1. The molecule has 0 amide bonds. The number of hydrogen-bond donors (Lipinski definition) is 0. The average Bonchev–Trinajstić information content (AvgIpc) is 2.72. The van der Waals surface area contributed by atoms with Gasteiger partial charge >= 0.3 is 17.9 Å². The Morgan fingerprint density at radius 3 is 1.97 bits per heavy atom. The third-order valence-electron chi connectivity index (χ3n) is 5.54. The molecule has 8 heteroatoms. The Bertz CT molecular complexity index is 766. The van der Waals surface area contributed by atoms with E-state index >= 15 is 0 Å². The van der Waals surface area contributed by atoms with Gasteiger partial charge in [-0.15, -0.1) is 0 Å². The van der Waals surface area contributed by atoms with Gasteiger partial charge in [-0.2, -0.15) is 8.78 Å². The Morgan fingerprint density at radius 2 is 1.53 bits per heavy atom. The fourth-order valence-corrected chi connectivity index (χ4v) is 3.65. The van der Waals surface area contributed by atoms with E-state index in [4.69, 9.17) is 9.47 Å². The van der Waals surface area contributed by atoms with E-state index in [1.54, 1.807) is 0 Å². The van der Waals surface area contributed by atoms with Gasteiger partial charge in [0.1, 0.15) is 11.6 Å². The Hall–Kier alpha value is -2.51. The molecule has 6 nitrogen and oxygen atoms in total. The Kier molecular flexibility index (Phi) is 7.55. The van der Waals surface area contributed by atoms with E-state index in [1.165, 1.54) is 38.1 Å². The molecule has 0 saturated heterocycles. The standard InChI is InChI=1S/C22H28F2O6/c1-4-21(12-6-5-7-13-21)30-19(26)16-10-8-15(9-11-16)18(25)29-17(14(2)3)22(23,24)20(27)28/h8-11,14,17H,4-7,12-13H2,1-3H3,(H,27,28)/p-1. The molecule has 1 unspecified atom stereocenters. The van der Waals surface area contributed by atoms with E-state index in [0.29, 0.717) is 6.42 Å². The summed E-state index contributed by atoms with van der Waals surface area (Å²) in [6.07, 6.45) is 3.26. The van der Waals surface area contributed by atoms with E-state index in [-0.39, 0.29) is 11.1 Å². The van der Waals surface area contributed by atoms with Gasteiger partial charge in [0.05, 0.1) is 11.1 Å². The van der Waals surface area contributed by atoms with Crippen LogP contribution in [0.25, 0.3) is 0 Å². The highest BCUT2D eigenvalue weighted by Gasteiger charge is 2.46. The highest BCUT2D eigenvalue weighted by molar-refractivity contribution is 5.93. The molecule has 1 saturated carbocycles. The lowest BCUT2D eigenvalue weighted by atomic mass is 9.82. The van der Waals surface area contributed by atoms with Crippen molar-refractivity contribution in [3.05, 3.63) is 35.4 Å². The van der Waals surface area contributed by atoms with Gasteiger partial charge in [-0.1, -0.05) is 27.2 Å². The molecule has 1 atom stereocenters. The lowest BCUT2D eigenvalue weighted by Crippen LogP contribution is -2.53. The summed E-state index contributed by atoms with van der Waals surface area (Å²) in [5.74, 6) is -9.53. The molecule has 1 aromatic carbocycles. The van der Waals surface area contributed by atoms with Gasteiger partial charge in [-0.3, -0.25) is 0 Å². The first-order valence-electron chi connectivity index (χ1n) is 10.2. The van der Waals surface area contributed by atoms with E-state index in [1.807, 2.05) is 6.92 Å². The molecule has 0 aromatic heterocycles. The van der Waals surface area contributed by atoms with Crippen LogP contribution in [0.5, 0.6) is 0 Å². The molecule has 1 aliphatic rings. The topological polar surface area (TPSA) is 92.7 Å². The SMILES string of the molecule is CCC1(OC(=O)c2ccc(C(=O)OC(C(C)C)C(F)(F)C(=O)[O-])cc2)CCCCC1. The molecule has 0 spiro atoms. The van der Waals surface area contributed by atoms with Gasteiger partial charge in [0.25, 0.3) is 0 Å². The number of rotatable bonds is 8. The van der Waals surface area contributed by atoms with Gasteiger partial charge in [0.2, 0.25) is 0 Å². The molecule has 0 bridgehead atoms. The summed E-state index contributed by atoms with van der Waals surface area (Å²) in [5.41, 5.74) is -0.340. The minimum atomic E-state index is -4.33. The minimum Gasteiger partial charge on any atom is -0.544 e. The lowest BCUT2D eigenvalue weighted by molar-refractivity contribution is -0.337. The Morgan fingerprint density at radius 1 is 1.03 bits per heavy atom. The summed E-state index contributed by atoms with van der Waals surface area (Å²) >= 11 is 0. The van der Waals surface area contributed by atoms with Crippen molar-refractivity contribution in [1.29, 1.82) is 0 Å². The molecule has 0 N–H and O–H groups in total. The van der Waals surface area contributed by atoms with Crippen LogP contribution in [0.3, 0.4) is 0 Å². The Balaban J connectivity index is 2.09. The predicted molar refractivity (Wildman–Crippen MR) is 102 cm³/mol. The normalized spacial score (nSPS) is 17.3. The third-order valence-corrected chi connectivity index (χ3v) is 5.54. The molecule has 2 rings (SSSR count). The van der Waals surface area contributed by atoms with Crippen LogP contribution in [0.2, 0.25) is 0 Å². The number of ether oxygens (including phenoxy) is 2. The van der Waals surface area contributed by atoms with Crippen LogP contribution in [0, 0.1) is 5.92 Å². The van der Waals surface area contributed by atoms with Crippen LogP contribution in [0.15, 0.2) is 24.3 Å². The van der Waals surface area contributed by atoms with Crippen molar-refractivity contribution < 1.29 is 37.7 Å². The fourth-order valence-electron chi connectivity index (χ4n) is 3.65. The molecule has 1 aliphatic carbocycles. The van der Waals surface area contributed by atoms with Gasteiger partial charge in [-0.05, 0) is 62.3 Å². The predicted octanol–water partition coefficient (Wildman–Crippen LogP) is 3.52. The number of carbonyl (C=O) groups excluding carboxylic acids is 3. The average molecular weight is 425 g/mol. The quantitative estimate of drug-likeness (QED) is 0.592. The summed E-state index contributed by atoms with van der Waals surface area (Å²) < 4.78 is 38.1. The highest BCUT2D eigenvalue weighted by Crippen LogP contribution is 2.35. The number of benzene rings is 1. The van der Waals surface area contributed by atoms with Crippen molar-refractivity contribution in [3.8, 4) is 0 Å². The van der Waals surface area contributed by atoms with E-state index in [0.717, 1.165) is 32.1 Å². The molecule has 1 aromatic rings. The first-order chi connectivity index (χ1) is 14.0. The van der Waals surface area contributed by atoms with Gasteiger partial charge < -0.3 is 19.4 Å². The van der Waals surface area contributed by atoms with E-state index in [2.05, 4.69) is 0 Å². The summed E-state index contributed by atoms with van der Waals surface area (Å²) in [5, 5.41) is 10.7. The zero-order valence-corrected chi connectivity index (χ0v) is 17.4. The molecule has 0 radical (unpaired) electrons. The minimum absolute atomic E-state index is 0.0887. The van der Waals surface area contributed by atoms with Crippen molar-refractivity contribution in [1.82, 2.24) is 0 Å². The van der Waals surface area contributed by atoms with E-state index < -0.39 is 41.5 Å². The van der Waals surface area contributed by atoms with Crippen LogP contribution < -0.4 is 5.11 Å².